The summed E-state index contributed by atoms with van der Waals surface area (Å²) in [6.45, 7) is 2.71. The van der Waals surface area contributed by atoms with E-state index in [4.69, 9.17) is 27.9 Å². The molecule has 1 aromatic carbocycles. The predicted octanol–water partition coefficient (Wildman–Crippen LogP) is 3.26. The van der Waals surface area contributed by atoms with Gasteiger partial charge in [0.1, 0.15) is 0 Å². The molecule has 1 saturated heterocycles. The summed E-state index contributed by atoms with van der Waals surface area (Å²) < 4.78 is 5.40. The molecule has 1 aliphatic rings. The van der Waals surface area contributed by atoms with Crippen LogP contribution in [0.5, 0.6) is 0 Å². The molecule has 0 saturated carbocycles. The molecule has 1 fully saturated rings. The lowest BCUT2D eigenvalue weighted by Gasteiger charge is -2.38. The van der Waals surface area contributed by atoms with Crippen LogP contribution >= 0.6 is 23.2 Å². The number of ether oxygens (including phenoxy) is 1. The van der Waals surface area contributed by atoms with Crippen LogP contribution in [0.15, 0.2) is 18.2 Å². The largest absolute Gasteiger partial charge is 0.384 e. The van der Waals surface area contributed by atoms with Crippen LogP contribution in [0.4, 0.5) is 0 Å². The molecule has 0 radical (unpaired) electrons. The van der Waals surface area contributed by atoms with Crippen molar-refractivity contribution in [3.05, 3.63) is 33.8 Å². The zero-order chi connectivity index (χ0) is 12.3. The number of hydrogen-bond acceptors (Lipinski definition) is 2. The number of rotatable bonds is 3. The van der Waals surface area contributed by atoms with E-state index in [-0.39, 0.29) is 5.41 Å². The molecular formula is C13H17Cl2NO. The molecule has 2 nitrogen and oxygen atoms in total. The van der Waals surface area contributed by atoms with Crippen LogP contribution in [0.25, 0.3) is 0 Å². The third kappa shape index (κ3) is 2.76. The molecule has 0 atom stereocenters. The zero-order valence-electron chi connectivity index (χ0n) is 9.93. The van der Waals surface area contributed by atoms with Gasteiger partial charge < -0.3 is 10.1 Å². The Morgan fingerprint density at radius 2 is 2.00 bits per heavy atom. The maximum absolute atomic E-state index is 6.33. The second kappa shape index (κ2) is 5.57. The highest BCUT2D eigenvalue weighted by Gasteiger charge is 2.35. The number of halogens is 2. The van der Waals surface area contributed by atoms with Crippen LogP contribution in [-0.4, -0.2) is 26.8 Å². The second-order valence-corrected chi connectivity index (χ2v) is 5.43. The molecular weight excluding hydrogens is 257 g/mol. The molecule has 4 heteroatoms. The fourth-order valence-electron chi connectivity index (χ4n) is 2.59. The first kappa shape index (κ1) is 13.2. The number of nitrogens with one attached hydrogen (secondary N) is 1. The summed E-state index contributed by atoms with van der Waals surface area (Å²) in [4.78, 5) is 0. The molecule has 94 valence electrons. The second-order valence-electron chi connectivity index (χ2n) is 4.59. The molecule has 0 bridgehead atoms. The summed E-state index contributed by atoms with van der Waals surface area (Å²) in [6.07, 6.45) is 2.09. The standard InChI is InChI=1S/C13H17Cl2NO/c1-17-9-13(4-6-16-7-5-13)11-3-2-10(14)8-12(11)15/h2-3,8,16H,4-7,9H2,1H3. The summed E-state index contributed by atoms with van der Waals surface area (Å²) in [7, 11) is 1.74. The van der Waals surface area contributed by atoms with E-state index < -0.39 is 0 Å². The summed E-state index contributed by atoms with van der Waals surface area (Å²) in [5.74, 6) is 0. The van der Waals surface area contributed by atoms with Crippen molar-refractivity contribution in [2.45, 2.75) is 18.3 Å². The van der Waals surface area contributed by atoms with Gasteiger partial charge in [0.15, 0.2) is 0 Å². The average molecular weight is 274 g/mol. The van der Waals surface area contributed by atoms with Gasteiger partial charge >= 0.3 is 0 Å². The van der Waals surface area contributed by atoms with Gasteiger partial charge in [0, 0.05) is 22.6 Å². The van der Waals surface area contributed by atoms with Gasteiger partial charge in [-0.3, -0.25) is 0 Å². The first-order chi connectivity index (χ1) is 8.18. The highest BCUT2D eigenvalue weighted by molar-refractivity contribution is 6.35. The van der Waals surface area contributed by atoms with E-state index in [1.165, 1.54) is 0 Å². The van der Waals surface area contributed by atoms with Crippen LogP contribution < -0.4 is 5.32 Å². The van der Waals surface area contributed by atoms with E-state index in [2.05, 4.69) is 5.32 Å². The van der Waals surface area contributed by atoms with Gasteiger partial charge in [0.05, 0.1) is 6.61 Å². The summed E-state index contributed by atoms with van der Waals surface area (Å²) in [5, 5.41) is 4.80. The van der Waals surface area contributed by atoms with Crippen LogP contribution in [-0.2, 0) is 10.2 Å². The van der Waals surface area contributed by atoms with Gasteiger partial charge in [-0.2, -0.15) is 0 Å². The van der Waals surface area contributed by atoms with Crippen molar-refractivity contribution < 1.29 is 4.74 Å². The van der Waals surface area contributed by atoms with Crippen LogP contribution in [0.3, 0.4) is 0 Å². The molecule has 17 heavy (non-hydrogen) atoms. The molecule has 0 unspecified atom stereocenters. The van der Waals surface area contributed by atoms with E-state index >= 15 is 0 Å². The number of benzene rings is 1. The van der Waals surface area contributed by atoms with E-state index in [1.807, 2.05) is 18.2 Å². The quantitative estimate of drug-likeness (QED) is 0.913. The molecule has 1 aliphatic heterocycles. The van der Waals surface area contributed by atoms with Crippen molar-refractivity contribution in [3.63, 3.8) is 0 Å². The highest BCUT2D eigenvalue weighted by Crippen LogP contribution is 2.38. The van der Waals surface area contributed by atoms with Gasteiger partial charge in [-0.25, -0.2) is 0 Å². The molecule has 1 aromatic rings. The van der Waals surface area contributed by atoms with E-state index in [0.717, 1.165) is 36.5 Å². The number of hydrogen-bond donors (Lipinski definition) is 1. The first-order valence-corrected chi connectivity index (χ1v) is 6.59. The number of methoxy groups -OCH3 is 1. The molecule has 1 heterocycles. The smallest absolute Gasteiger partial charge is 0.0560 e. The van der Waals surface area contributed by atoms with E-state index in [1.54, 1.807) is 7.11 Å². The number of piperidine rings is 1. The van der Waals surface area contributed by atoms with Gasteiger partial charge in [0.25, 0.3) is 0 Å². The van der Waals surface area contributed by atoms with E-state index in [0.29, 0.717) is 11.6 Å². The highest BCUT2D eigenvalue weighted by atomic mass is 35.5. The minimum absolute atomic E-state index is 0.0294. The fraction of sp³-hybridized carbons (Fsp3) is 0.538. The molecule has 1 N–H and O–H groups in total. The SMILES string of the molecule is COCC1(c2ccc(Cl)cc2Cl)CCNCC1. The lowest BCUT2D eigenvalue weighted by molar-refractivity contribution is 0.108. The lowest BCUT2D eigenvalue weighted by atomic mass is 9.74. The monoisotopic (exact) mass is 273 g/mol. The van der Waals surface area contributed by atoms with Gasteiger partial charge in [-0.1, -0.05) is 29.3 Å². The van der Waals surface area contributed by atoms with Gasteiger partial charge in [0.2, 0.25) is 0 Å². The zero-order valence-corrected chi connectivity index (χ0v) is 11.4. The molecule has 0 spiro atoms. The Balaban J connectivity index is 2.37. The Kier molecular flexibility index (Phi) is 4.31. The van der Waals surface area contributed by atoms with Gasteiger partial charge in [-0.05, 0) is 43.6 Å². The summed E-state index contributed by atoms with van der Waals surface area (Å²) in [5.41, 5.74) is 1.19. The molecule has 0 amide bonds. The minimum atomic E-state index is 0.0294. The Hall–Kier alpha value is -0.280. The van der Waals surface area contributed by atoms with Crippen LogP contribution in [0.1, 0.15) is 18.4 Å². The molecule has 0 aromatic heterocycles. The minimum Gasteiger partial charge on any atom is -0.384 e. The Bertz CT molecular complexity index is 383. The maximum Gasteiger partial charge on any atom is 0.0560 e. The average Bonchev–Trinajstić information content (AvgIpc) is 2.30. The van der Waals surface area contributed by atoms with Crippen molar-refractivity contribution >= 4 is 23.2 Å². The maximum atomic E-state index is 6.33. The Labute approximate surface area is 112 Å². The van der Waals surface area contributed by atoms with Crippen molar-refractivity contribution in [1.82, 2.24) is 5.32 Å². The molecule has 2 rings (SSSR count). The predicted molar refractivity (Wildman–Crippen MR) is 72.1 cm³/mol. The lowest BCUT2D eigenvalue weighted by Crippen LogP contribution is -2.43. The third-order valence-corrected chi connectivity index (χ3v) is 4.03. The van der Waals surface area contributed by atoms with Crippen LogP contribution in [0, 0.1) is 0 Å². The van der Waals surface area contributed by atoms with Crippen molar-refractivity contribution in [2.75, 3.05) is 26.8 Å². The summed E-state index contributed by atoms with van der Waals surface area (Å²) in [6, 6.07) is 5.76. The first-order valence-electron chi connectivity index (χ1n) is 5.83. The summed E-state index contributed by atoms with van der Waals surface area (Å²) >= 11 is 12.3. The topological polar surface area (TPSA) is 21.3 Å². The normalized spacial score (nSPS) is 19.2. The Morgan fingerprint density at radius 3 is 2.59 bits per heavy atom. The fourth-order valence-corrected chi connectivity index (χ4v) is 3.20. The third-order valence-electron chi connectivity index (χ3n) is 3.48. The van der Waals surface area contributed by atoms with Crippen molar-refractivity contribution in [2.24, 2.45) is 0 Å². The van der Waals surface area contributed by atoms with E-state index in [9.17, 15) is 0 Å². The molecule has 0 aliphatic carbocycles. The van der Waals surface area contributed by atoms with Gasteiger partial charge in [-0.15, -0.1) is 0 Å². The Morgan fingerprint density at radius 1 is 1.29 bits per heavy atom. The van der Waals surface area contributed by atoms with Crippen LogP contribution in [0.2, 0.25) is 10.0 Å². The van der Waals surface area contributed by atoms with Crippen molar-refractivity contribution in [1.29, 1.82) is 0 Å². The van der Waals surface area contributed by atoms with Crippen molar-refractivity contribution in [3.8, 4) is 0 Å².